The van der Waals surface area contributed by atoms with Crippen LogP contribution in [0.25, 0.3) is 0 Å². The van der Waals surface area contributed by atoms with Gasteiger partial charge in [-0.15, -0.1) is 0 Å². The topological polar surface area (TPSA) is 116 Å². The Hall–Kier alpha value is 0.330. The van der Waals surface area contributed by atoms with Gasteiger partial charge in [0.2, 0.25) is 5.91 Å². The van der Waals surface area contributed by atoms with Crippen molar-refractivity contribution in [2.45, 2.75) is 58.3 Å². The smallest absolute Gasteiger partial charge is 1.00 e. The fraction of sp³-hybridized carbons (Fsp3) is 0.833. The van der Waals surface area contributed by atoms with Gasteiger partial charge in [0.1, 0.15) is 0 Å². The monoisotopic (exact) mass is 422 g/mol. The number of carbonyl (C=O) groups excluding carboxylic acids is 1. The summed E-state index contributed by atoms with van der Waals surface area (Å²) >= 11 is 0. The van der Waals surface area contributed by atoms with Gasteiger partial charge in [-0.25, -0.2) is 0 Å². The van der Waals surface area contributed by atoms with Crippen molar-refractivity contribution in [1.82, 2.24) is 10.2 Å². The molecular formula is C18H36N2Na2O6. The van der Waals surface area contributed by atoms with E-state index in [-0.39, 0.29) is 87.3 Å². The number of nitrogens with one attached hydrogen (secondary N) is 1. The first kappa shape index (κ1) is 33.0. The fourth-order valence-corrected chi connectivity index (χ4v) is 2.38. The zero-order chi connectivity index (χ0) is 19.6. The van der Waals surface area contributed by atoms with Crippen LogP contribution in [0.1, 0.15) is 61.1 Å². The van der Waals surface area contributed by atoms with E-state index in [0.717, 1.165) is 19.3 Å². The van der Waals surface area contributed by atoms with Gasteiger partial charge in [0.15, 0.2) is 0 Å². The largest absolute Gasteiger partial charge is 1.00 e. The van der Waals surface area contributed by atoms with Crippen molar-refractivity contribution in [1.29, 1.82) is 0 Å². The average molecular weight is 422 g/mol. The Labute approximate surface area is 215 Å². The van der Waals surface area contributed by atoms with E-state index in [1.165, 1.54) is 12.8 Å². The van der Waals surface area contributed by atoms with Crippen LogP contribution < -0.4 is 64.4 Å². The zero-order valence-electron chi connectivity index (χ0n) is 19.9. The Morgan fingerprint density at radius 1 is 0.857 bits per heavy atom. The molecule has 0 aromatic carbocycles. The molecule has 0 spiro atoms. The minimum Gasteiger partial charge on any atom is -1.00 e. The normalized spacial score (nSPS) is 10.1. The molecule has 0 heterocycles. The minimum atomic E-state index is -0.912. The number of rotatable bonds is 18. The number of hydrogen-bond acceptors (Lipinski definition) is 5. The molecule has 0 aliphatic rings. The molecule has 0 aliphatic carbocycles. The number of carboxylic acid groups (broad SMARTS) is 2. The molecule has 0 saturated carbocycles. The van der Waals surface area contributed by atoms with Gasteiger partial charge in [-0.3, -0.25) is 19.3 Å². The Balaban J connectivity index is -0.000000521. The van der Waals surface area contributed by atoms with Gasteiger partial charge in [-0.2, -0.15) is 0 Å². The summed E-state index contributed by atoms with van der Waals surface area (Å²) in [7, 11) is 0. The molecule has 28 heavy (non-hydrogen) atoms. The minimum absolute atomic E-state index is 0. The summed E-state index contributed by atoms with van der Waals surface area (Å²) in [5.74, 6) is -1.76. The molecule has 1 amide bonds. The summed E-state index contributed by atoms with van der Waals surface area (Å²) in [5, 5.41) is 20.2. The molecule has 0 aromatic heterocycles. The number of aliphatic carboxylic acids is 2. The van der Waals surface area contributed by atoms with Crippen LogP contribution in [0, 0.1) is 0 Å². The van der Waals surface area contributed by atoms with Crippen LogP contribution in [0.2, 0.25) is 0 Å². The average Bonchev–Trinajstić information content (AvgIpc) is 2.58. The first-order valence-electron chi connectivity index (χ1n) is 9.46. The van der Waals surface area contributed by atoms with E-state index < -0.39 is 11.9 Å². The molecular weight excluding hydrogens is 386 g/mol. The molecule has 0 atom stereocenters. The van der Waals surface area contributed by atoms with E-state index in [4.69, 9.17) is 14.9 Å². The number of hydrogen-bond donors (Lipinski definition) is 3. The molecule has 156 valence electrons. The van der Waals surface area contributed by atoms with Crippen molar-refractivity contribution >= 4 is 17.8 Å². The summed E-state index contributed by atoms with van der Waals surface area (Å²) < 4.78 is 5.24. The Morgan fingerprint density at radius 3 is 2.11 bits per heavy atom. The molecule has 10 heteroatoms. The van der Waals surface area contributed by atoms with E-state index >= 15 is 0 Å². The van der Waals surface area contributed by atoms with Crippen LogP contribution in [0.15, 0.2) is 0 Å². The van der Waals surface area contributed by atoms with Gasteiger partial charge < -0.3 is 23.1 Å². The molecule has 0 fully saturated rings. The van der Waals surface area contributed by atoms with Crippen molar-refractivity contribution in [3.63, 3.8) is 0 Å². The number of carboxylic acids is 2. The number of ether oxygens (including phenoxy) is 1. The van der Waals surface area contributed by atoms with E-state index in [2.05, 4.69) is 12.2 Å². The fourth-order valence-electron chi connectivity index (χ4n) is 2.38. The van der Waals surface area contributed by atoms with E-state index in [1.807, 2.05) is 4.90 Å². The number of unbranched alkanes of at least 4 members (excludes halogenated alkanes) is 4. The van der Waals surface area contributed by atoms with Crippen molar-refractivity contribution < 1.29 is 91.3 Å². The molecule has 0 unspecified atom stereocenters. The number of carbonyl (C=O) groups is 3. The standard InChI is InChI=1S/C18H34N2O6.2Na.2H/c1-2-3-4-5-6-7-16(21)19-10-12-20(11-8-17(22)23)13-15-26-14-9-18(24)25;;;;/h2-15H2,1H3,(H,19,21)(H,22,23)(H,24,25);;;;/q;2*+1;2*-1. The SMILES string of the molecule is CCCCCCCC(=O)NCCN(CCOCCC(=O)O)CCC(=O)O.[H-].[H-].[Na+].[Na+]. The van der Waals surface area contributed by atoms with Crippen LogP contribution in [-0.2, 0) is 19.1 Å². The second kappa shape index (κ2) is 23.6. The molecule has 0 radical (unpaired) electrons. The van der Waals surface area contributed by atoms with Crippen molar-refractivity contribution in [2.24, 2.45) is 0 Å². The summed E-state index contributed by atoms with van der Waals surface area (Å²) in [5.41, 5.74) is 0. The van der Waals surface area contributed by atoms with Gasteiger partial charge in [0, 0.05) is 32.6 Å². The summed E-state index contributed by atoms with van der Waals surface area (Å²) in [4.78, 5) is 34.8. The van der Waals surface area contributed by atoms with Crippen LogP contribution in [0.5, 0.6) is 0 Å². The third-order valence-electron chi connectivity index (χ3n) is 3.91. The van der Waals surface area contributed by atoms with E-state index in [0.29, 0.717) is 39.2 Å². The van der Waals surface area contributed by atoms with Gasteiger partial charge in [0.05, 0.1) is 26.1 Å². The maximum absolute atomic E-state index is 11.8. The Morgan fingerprint density at radius 2 is 1.50 bits per heavy atom. The molecule has 0 saturated heterocycles. The second-order valence-corrected chi connectivity index (χ2v) is 6.26. The molecule has 0 bridgehead atoms. The van der Waals surface area contributed by atoms with Crippen LogP contribution in [-0.4, -0.2) is 72.4 Å². The maximum Gasteiger partial charge on any atom is 1.00 e. The van der Waals surface area contributed by atoms with E-state index in [9.17, 15) is 14.4 Å². The van der Waals surface area contributed by atoms with Crippen LogP contribution in [0.4, 0.5) is 0 Å². The van der Waals surface area contributed by atoms with Crippen molar-refractivity contribution in [3.8, 4) is 0 Å². The summed E-state index contributed by atoms with van der Waals surface area (Å²) in [6.45, 7) is 4.49. The van der Waals surface area contributed by atoms with Crippen molar-refractivity contribution in [3.05, 3.63) is 0 Å². The quantitative estimate of drug-likeness (QED) is 0.152. The first-order chi connectivity index (χ1) is 12.5. The van der Waals surface area contributed by atoms with Crippen LogP contribution >= 0.6 is 0 Å². The predicted octanol–water partition coefficient (Wildman–Crippen LogP) is -4.04. The predicted molar refractivity (Wildman–Crippen MR) is 100 cm³/mol. The second-order valence-electron chi connectivity index (χ2n) is 6.26. The number of amides is 1. The summed E-state index contributed by atoms with van der Waals surface area (Å²) in [6.07, 6.45) is 5.99. The molecule has 0 aromatic rings. The van der Waals surface area contributed by atoms with Gasteiger partial charge in [-0.1, -0.05) is 32.6 Å². The third kappa shape index (κ3) is 24.4. The molecule has 8 nitrogen and oxygen atoms in total. The number of nitrogens with zero attached hydrogens (tertiary/aromatic N) is 1. The first-order valence-corrected chi connectivity index (χ1v) is 9.46. The maximum atomic E-state index is 11.8. The molecule has 0 aliphatic heterocycles. The van der Waals surface area contributed by atoms with Gasteiger partial charge in [-0.05, 0) is 6.42 Å². The Bertz CT molecular complexity index is 424. The van der Waals surface area contributed by atoms with Gasteiger partial charge in [0.25, 0.3) is 0 Å². The van der Waals surface area contributed by atoms with E-state index in [1.54, 1.807) is 0 Å². The van der Waals surface area contributed by atoms with Gasteiger partial charge >= 0.3 is 71.1 Å². The summed E-state index contributed by atoms with van der Waals surface area (Å²) in [6, 6.07) is 0. The van der Waals surface area contributed by atoms with Crippen LogP contribution in [0.3, 0.4) is 0 Å². The third-order valence-corrected chi connectivity index (χ3v) is 3.91. The Kier molecular flexibility index (Phi) is 27.8. The molecule has 3 N–H and O–H groups in total. The van der Waals surface area contributed by atoms with Crippen molar-refractivity contribution in [2.75, 3.05) is 39.4 Å². The molecule has 0 rings (SSSR count). The zero-order valence-corrected chi connectivity index (χ0v) is 21.9.